The predicted octanol–water partition coefficient (Wildman–Crippen LogP) is 1.39. The van der Waals surface area contributed by atoms with Crippen LogP contribution in [0.25, 0.3) is 0 Å². The quantitative estimate of drug-likeness (QED) is 0.799. The largest absolute Gasteiger partial charge is 0.265 e. The molecule has 0 aliphatic heterocycles. The van der Waals surface area contributed by atoms with Crippen molar-refractivity contribution in [3.63, 3.8) is 0 Å². The van der Waals surface area contributed by atoms with E-state index in [1.807, 2.05) is 13.1 Å². The maximum Gasteiger partial charge on any atom is 0.129 e. The van der Waals surface area contributed by atoms with Gasteiger partial charge in [0.05, 0.1) is 17.2 Å². The Balaban J connectivity index is 2.19. The van der Waals surface area contributed by atoms with Crippen molar-refractivity contribution in [1.82, 2.24) is 20.1 Å². The number of hydrogen-bond acceptors (Lipinski definition) is 4. The Kier molecular flexibility index (Phi) is 2.13. The van der Waals surface area contributed by atoms with Gasteiger partial charge < -0.3 is 0 Å². The summed E-state index contributed by atoms with van der Waals surface area (Å²) in [6.45, 7) is 2.44. The summed E-state index contributed by atoms with van der Waals surface area (Å²) in [6.07, 6.45) is 3.59. The third-order valence-corrected chi connectivity index (χ3v) is 2.07. The molecule has 0 aliphatic carbocycles. The van der Waals surface area contributed by atoms with E-state index in [0.29, 0.717) is 6.54 Å². The molecule has 13 heavy (non-hydrogen) atoms. The lowest BCUT2D eigenvalue weighted by Gasteiger charge is -1.95. The molecule has 0 atom stereocenters. The molecule has 68 valence electrons. The maximum atomic E-state index is 4.57. The van der Waals surface area contributed by atoms with Crippen molar-refractivity contribution in [1.29, 1.82) is 0 Å². The minimum Gasteiger partial charge on any atom is -0.265 e. The molecule has 0 spiro atoms. The topological polar surface area (TPSA) is 56.7 Å². The Hall–Kier alpha value is -1.17. The summed E-state index contributed by atoms with van der Waals surface area (Å²) in [5.41, 5.74) is 1.60. The van der Waals surface area contributed by atoms with Gasteiger partial charge in [-0.1, -0.05) is 10.3 Å². The van der Waals surface area contributed by atoms with Crippen LogP contribution in [0.1, 0.15) is 11.4 Å². The fourth-order valence-electron chi connectivity index (χ4n) is 0.971. The molecule has 0 unspecified atom stereocenters. The molecular formula is C7H7BrN4O. The summed E-state index contributed by atoms with van der Waals surface area (Å²) in [7, 11) is 0. The molecule has 0 saturated heterocycles. The molecule has 0 bridgehead atoms. The predicted molar refractivity (Wildman–Crippen MR) is 48.1 cm³/mol. The van der Waals surface area contributed by atoms with Crippen LogP contribution < -0.4 is 0 Å². The van der Waals surface area contributed by atoms with E-state index in [1.165, 1.54) is 0 Å². The van der Waals surface area contributed by atoms with Crippen molar-refractivity contribution < 1.29 is 4.63 Å². The molecule has 0 N–H and O–H groups in total. The molecule has 0 saturated carbocycles. The van der Waals surface area contributed by atoms with Crippen molar-refractivity contribution in [2.24, 2.45) is 0 Å². The third-order valence-electron chi connectivity index (χ3n) is 1.66. The van der Waals surface area contributed by atoms with E-state index in [-0.39, 0.29) is 0 Å². The molecule has 0 radical (unpaired) electrons. The normalized spacial score (nSPS) is 10.6. The molecule has 5 nitrogen and oxygen atoms in total. The number of nitrogens with zero attached hydrogens (tertiary/aromatic N) is 4. The van der Waals surface area contributed by atoms with E-state index in [2.05, 4.69) is 36.0 Å². The molecule has 2 rings (SSSR count). The Morgan fingerprint density at radius 2 is 2.38 bits per heavy atom. The molecule has 2 aromatic heterocycles. The van der Waals surface area contributed by atoms with Crippen molar-refractivity contribution >= 4 is 15.9 Å². The van der Waals surface area contributed by atoms with Gasteiger partial charge >= 0.3 is 0 Å². The second-order valence-electron chi connectivity index (χ2n) is 2.65. The second kappa shape index (κ2) is 3.29. The highest BCUT2D eigenvalue weighted by molar-refractivity contribution is 9.10. The van der Waals surface area contributed by atoms with Crippen LogP contribution in [0.3, 0.4) is 0 Å². The van der Waals surface area contributed by atoms with Crippen molar-refractivity contribution in [3.8, 4) is 0 Å². The van der Waals surface area contributed by atoms with Crippen LogP contribution in [0.2, 0.25) is 0 Å². The van der Waals surface area contributed by atoms with E-state index in [1.54, 1.807) is 10.9 Å². The number of aromatic nitrogens is 4. The zero-order valence-electron chi connectivity index (χ0n) is 6.94. The Bertz CT molecular complexity index is 408. The van der Waals surface area contributed by atoms with Crippen LogP contribution in [0, 0.1) is 6.92 Å². The Labute approximate surface area is 82.8 Å². The van der Waals surface area contributed by atoms with Crippen LogP contribution in [-0.2, 0) is 6.54 Å². The summed E-state index contributed by atoms with van der Waals surface area (Å²) < 4.78 is 7.28. The average molecular weight is 243 g/mol. The van der Waals surface area contributed by atoms with Crippen molar-refractivity contribution in [2.45, 2.75) is 13.5 Å². The molecule has 2 aromatic rings. The van der Waals surface area contributed by atoms with Crippen LogP contribution in [0.15, 0.2) is 21.5 Å². The van der Waals surface area contributed by atoms with E-state index in [0.717, 1.165) is 15.9 Å². The highest BCUT2D eigenvalue weighted by Gasteiger charge is 2.05. The molecule has 0 amide bonds. The third kappa shape index (κ3) is 1.77. The van der Waals surface area contributed by atoms with Gasteiger partial charge in [0, 0.05) is 6.20 Å². The highest BCUT2D eigenvalue weighted by atomic mass is 79.9. The summed E-state index contributed by atoms with van der Waals surface area (Å²) in [6, 6.07) is 0. The first kappa shape index (κ1) is 8.43. The Morgan fingerprint density at radius 1 is 1.54 bits per heavy atom. The molecule has 6 heteroatoms. The zero-order valence-corrected chi connectivity index (χ0v) is 8.52. The molecule has 0 aliphatic rings. The van der Waals surface area contributed by atoms with Gasteiger partial charge in [0.2, 0.25) is 0 Å². The fraction of sp³-hybridized carbons (Fsp3) is 0.286. The van der Waals surface area contributed by atoms with E-state index in [9.17, 15) is 0 Å². The highest BCUT2D eigenvalue weighted by Crippen LogP contribution is 2.08. The van der Waals surface area contributed by atoms with E-state index < -0.39 is 0 Å². The number of rotatable bonds is 2. The lowest BCUT2D eigenvalue weighted by atomic mass is 10.3. The van der Waals surface area contributed by atoms with Crippen LogP contribution in [0.4, 0.5) is 0 Å². The first-order chi connectivity index (χ1) is 6.25. The minimum atomic E-state index is 0.584. The molecule has 2 heterocycles. The van der Waals surface area contributed by atoms with Crippen LogP contribution >= 0.6 is 15.9 Å². The van der Waals surface area contributed by atoms with Gasteiger partial charge in [-0.15, -0.1) is 0 Å². The number of halogens is 1. The van der Waals surface area contributed by atoms with Gasteiger partial charge in [0.15, 0.2) is 0 Å². The maximum absolute atomic E-state index is 4.57. The summed E-state index contributed by atoms with van der Waals surface area (Å²) >= 11 is 3.31. The van der Waals surface area contributed by atoms with E-state index in [4.69, 9.17) is 0 Å². The van der Waals surface area contributed by atoms with Crippen molar-refractivity contribution in [3.05, 3.63) is 28.3 Å². The lowest BCUT2D eigenvalue weighted by Crippen LogP contribution is -2.01. The lowest BCUT2D eigenvalue weighted by molar-refractivity contribution is 0.300. The number of hydrogen-bond donors (Lipinski definition) is 0. The smallest absolute Gasteiger partial charge is 0.129 e. The monoisotopic (exact) mass is 242 g/mol. The standard InChI is InChI=1S/C7H7BrN4O/c1-5-7(11-13-10-5)4-12-3-6(8)2-9-12/h2-3H,4H2,1H3. The fourth-order valence-corrected chi connectivity index (χ4v) is 1.30. The summed E-state index contributed by atoms with van der Waals surface area (Å²) in [5.74, 6) is 0. The van der Waals surface area contributed by atoms with Gasteiger partial charge in [-0.05, 0) is 22.9 Å². The van der Waals surface area contributed by atoms with Crippen LogP contribution in [-0.4, -0.2) is 20.1 Å². The first-order valence-corrected chi connectivity index (χ1v) is 4.51. The summed E-state index contributed by atoms with van der Waals surface area (Å²) in [4.78, 5) is 0. The minimum absolute atomic E-state index is 0.584. The van der Waals surface area contributed by atoms with Gasteiger partial charge in [-0.3, -0.25) is 4.68 Å². The van der Waals surface area contributed by atoms with Gasteiger partial charge in [0.1, 0.15) is 11.4 Å². The molecular weight excluding hydrogens is 236 g/mol. The van der Waals surface area contributed by atoms with Gasteiger partial charge in [-0.25, -0.2) is 4.63 Å². The average Bonchev–Trinajstić information content (AvgIpc) is 2.64. The number of aryl methyl sites for hydroxylation is 1. The molecule has 0 fully saturated rings. The SMILES string of the molecule is Cc1nonc1Cn1cc(Br)cn1. The Morgan fingerprint density at radius 3 is 2.92 bits per heavy atom. The van der Waals surface area contributed by atoms with E-state index >= 15 is 0 Å². The van der Waals surface area contributed by atoms with Gasteiger partial charge in [0.25, 0.3) is 0 Å². The summed E-state index contributed by atoms with van der Waals surface area (Å²) in [5, 5.41) is 11.5. The first-order valence-electron chi connectivity index (χ1n) is 3.71. The van der Waals surface area contributed by atoms with Crippen molar-refractivity contribution in [2.75, 3.05) is 0 Å². The van der Waals surface area contributed by atoms with Gasteiger partial charge in [-0.2, -0.15) is 5.10 Å². The zero-order chi connectivity index (χ0) is 9.26. The molecule has 0 aromatic carbocycles. The van der Waals surface area contributed by atoms with Crippen LogP contribution in [0.5, 0.6) is 0 Å². The second-order valence-corrected chi connectivity index (χ2v) is 3.57.